The molecule has 1 rings (SSSR count). The lowest BCUT2D eigenvalue weighted by Gasteiger charge is -2.26. The van der Waals surface area contributed by atoms with E-state index in [-0.39, 0.29) is 24.2 Å². The number of benzene rings is 1. The highest BCUT2D eigenvalue weighted by Crippen LogP contribution is 2.14. The lowest BCUT2D eigenvalue weighted by Crippen LogP contribution is -2.47. The lowest BCUT2D eigenvalue weighted by atomic mass is 10.0. The largest absolute Gasteiger partial charge is 0.337 e. The molecular weight excluding hydrogens is 286 g/mol. The molecule has 4 heteroatoms. The summed E-state index contributed by atoms with van der Waals surface area (Å²) in [6, 6.07) is 11.1. The summed E-state index contributed by atoms with van der Waals surface area (Å²) in [7, 11) is 0. The van der Waals surface area contributed by atoms with Gasteiger partial charge in [0.05, 0.1) is 0 Å². The molecule has 1 aromatic rings. The van der Waals surface area contributed by atoms with Crippen LogP contribution >= 0.6 is 0 Å². The fourth-order valence-electron chi connectivity index (χ4n) is 2.56. The van der Waals surface area contributed by atoms with E-state index in [9.17, 15) is 4.79 Å². The molecule has 0 aromatic heterocycles. The predicted molar refractivity (Wildman–Crippen MR) is 97.5 cm³/mol. The summed E-state index contributed by atoms with van der Waals surface area (Å²) >= 11 is 0. The molecule has 0 saturated carbocycles. The van der Waals surface area contributed by atoms with Crippen molar-refractivity contribution in [2.75, 3.05) is 6.54 Å². The number of carbonyl (C=O) groups excluding carboxylic acids is 1. The van der Waals surface area contributed by atoms with E-state index in [1.165, 1.54) is 5.56 Å². The standard InChI is InChI=1S/C19H33N3O/c1-6-15(4)21-19(23)20-13-18(12-14(2)3)22-16(5)17-10-8-7-9-11-17/h7-11,14-16,18,22H,6,12-13H2,1-5H3,(H2,20,21,23). The second-order valence-corrected chi connectivity index (χ2v) is 6.79. The molecule has 3 N–H and O–H groups in total. The van der Waals surface area contributed by atoms with E-state index in [1.54, 1.807) is 0 Å². The summed E-state index contributed by atoms with van der Waals surface area (Å²) in [5.74, 6) is 0.579. The number of hydrogen-bond donors (Lipinski definition) is 3. The van der Waals surface area contributed by atoms with Crippen molar-refractivity contribution >= 4 is 6.03 Å². The van der Waals surface area contributed by atoms with E-state index < -0.39 is 0 Å². The SMILES string of the molecule is CCC(C)NC(=O)NCC(CC(C)C)NC(C)c1ccccc1. The molecule has 3 unspecified atom stereocenters. The fraction of sp³-hybridized carbons (Fsp3) is 0.632. The van der Waals surface area contributed by atoms with Crippen LogP contribution in [0.5, 0.6) is 0 Å². The van der Waals surface area contributed by atoms with E-state index >= 15 is 0 Å². The van der Waals surface area contributed by atoms with Gasteiger partial charge in [0.1, 0.15) is 0 Å². The molecule has 3 atom stereocenters. The van der Waals surface area contributed by atoms with E-state index in [1.807, 2.05) is 13.0 Å². The van der Waals surface area contributed by atoms with Gasteiger partial charge in [0.15, 0.2) is 0 Å². The van der Waals surface area contributed by atoms with Gasteiger partial charge in [-0.3, -0.25) is 0 Å². The highest BCUT2D eigenvalue weighted by Gasteiger charge is 2.16. The number of hydrogen-bond acceptors (Lipinski definition) is 2. The predicted octanol–water partition coefficient (Wildman–Crippen LogP) is 3.85. The second-order valence-electron chi connectivity index (χ2n) is 6.79. The first kappa shape index (κ1) is 19.5. The molecule has 2 amide bonds. The van der Waals surface area contributed by atoms with Gasteiger partial charge in [-0.2, -0.15) is 0 Å². The maximum Gasteiger partial charge on any atom is 0.315 e. The Morgan fingerprint density at radius 3 is 2.30 bits per heavy atom. The van der Waals surface area contributed by atoms with E-state index in [4.69, 9.17) is 0 Å². The Kier molecular flexibility index (Phi) is 8.70. The summed E-state index contributed by atoms with van der Waals surface area (Å²) in [5.41, 5.74) is 1.27. The number of carbonyl (C=O) groups is 1. The molecule has 0 radical (unpaired) electrons. The molecule has 0 spiro atoms. The van der Waals surface area contributed by atoms with Crippen molar-refractivity contribution in [2.45, 2.75) is 65.6 Å². The highest BCUT2D eigenvalue weighted by atomic mass is 16.2. The summed E-state index contributed by atoms with van der Waals surface area (Å²) in [6.45, 7) is 11.3. The minimum absolute atomic E-state index is 0.0812. The average Bonchev–Trinajstić information content (AvgIpc) is 2.52. The van der Waals surface area contributed by atoms with Crippen LogP contribution in [-0.4, -0.2) is 24.7 Å². The van der Waals surface area contributed by atoms with Gasteiger partial charge in [-0.15, -0.1) is 0 Å². The van der Waals surface area contributed by atoms with Crippen LogP contribution in [0.4, 0.5) is 4.79 Å². The Morgan fingerprint density at radius 2 is 1.74 bits per heavy atom. The number of rotatable bonds is 9. The maximum atomic E-state index is 11.9. The molecular formula is C19H33N3O. The summed E-state index contributed by atoms with van der Waals surface area (Å²) < 4.78 is 0. The van der Waals surface area contributed by atoms with Gasteiger partial charge in [-0.1, -0.05) is 51.1 Å². The first-order chi connectivity index (χ1) is 10.9. The van der Waals surface area contributed by atoms with E-state index in [0.29, 0.717) is 12.5 Å². The van der Waals surface area contributed by atoms with Crippen molar-refractivity contribution in [2.24, 2.45) is 5.92 Å². The molecule has 130 valence electrons. The third kappa shape index (κ3) is 8.03. The summed E-state index contributed by atoms with van der Waals surface area (Å²) in [4.78, 5) is 11.9. The molecule has 0 bridgehead atoms. The Balaban J connectivity index is 2.53. The van der Waals surface area contributed by atoms with Gasteiger partial charge in [0, 0.05) is 24.7 Å². The van der Waals surface area contributed by atoms with Crippen LogP contribution in [0, 0.1) is 5.92 Å². The second kappa shape index (κ2) is 10.3. The van der Waals surface area contributed by atoms with Gasteiger partial charge >= 0.3 is 6.03 Å². The van der Waals surface area contributed by atoms with Gasteiger partial charge in [0.25, 0.3) is 0 Å². The molecule has 0 fully saturated rings. The van der Waals surface area contributed by atoms with Crippen LogP contribution in [0.25, 0.3) is 0 Å². The number of amides is 2. The summed E-state index contributed by atoms with van der Waals surface area (Å²) in [6.07, 6.45) is 1.97. The van der Waals surface area contributed by atoms with Crippen LogP contribution in [0.3, 0.4) is 0 Å². The van der Waals surface area contributed by atoms with E-state index in [0.717, 1.165) is 12.8 Å². The minimum Gasteiger partial charge on any atom is -0.337 e. The Morgan fingerprint density at radius 1 is 1.09 bits per heavy atom. The average molecular weight is 319 g/mol. The van der Waals surface area contributed by atoms with Crippen molar-refractivity contribution in [1.29, 1.82) is 0 Å². The van der Waals surface area contributed by atoms with Crippen LogP contribution in [-0.2, 0) is 0 Å². The lowest BCUT2D eigenvalue weighted by molar-refractivity contribution is 0.234. The number of urea groups is 1. The molecule has 0 aliphatic rings. The normalized spacial score (nSPS) is 15.0. The first-order valence-electron chi connectivity index (χ1n) is 8.77. The molecule has 1 aromatic carbocycles. The third-order valence-corrected chi connectivity index (χ3v) is 4.04. The maximum absolute atomic E-state index is 11.9. The zero-order valence-corrected chi connectivity index (χ0v) is 15.2. The Labute approximate surface area is 141 Å². The zero-order chi connectivity index (χ0) is 17.2. The van der Waals surface area contributed by atoms with Crippen molar-refractivity contribution in [3.63, 3.8) is 0 Å². The molecule has 0 aliphatic heterocycles. The highest BCUT2D eigenvalue weighted by molar-refractivity contribution is 5.74. The molecule has 0 saturated heterocycles. The summed E-state index contributed by atoms with van der Waals surface area (Å²) in [5, 5.41) is 9.59. The third-order valence-electron chi connectivity index (χ3n) is 4.04. The van der Waals surface area contributed by atoms with Gasteiger partial charge in [-0.25, -0.2) is 4.79 Å². The fourth-order valence-corrected chi connectivity index (χ4v) is 2.56. The van der Waals surface area contributed by atoms with Crippen molar-refractivity contribution in [1.82, 2.24) is 16.0 Å². The molecule has 4 nitrogen and oxygen atoms in total. The smallest absolute Gasteiger partial charge is 0.315 e. The zero-order valence-electron chi connectivity index (χ0n) is 15.2. The minimum atomic E-state index is -0.0812. The molecule has 23 heavy (non-hydrogen) atoms. The monoisotopic (exact) mass is 319 g/mol. The van der Waals surface area contributed by atoms with Gasteiger partial charge < -0.3 is 16.0 Å². The van der Waals surface area contributed by atoms with Crippen LogP contribution in [0.1, 0.15) is 59.1 Å². The topological polar surface area (TPSA) is 53.2 Å². The van der Waals surface area contributed by atoms with Crippen molar-refractivity contribution < 1.29 is 4.79 Å². The molecule has 0 aliphatic carbocycles. The number of nitrogens with one attached hydrogen (secondary N) is 3. The van der Waals surface area contributed by atoms with E-state index in [2.05, 4.69) is 67.9 Å². The first-order valence-corrected chi connectivity index (χ1v) is 8.77. The Hall–Kier alpha value is -1.55. The van der Waals surface area contributed by atoms with Crippen LogP contribution < -0.4 is 16.0 Å². The van der Waals surface area contributed by atoms with Gasteiger partial charge in [-0.05, 0) is 38.2 Å². The van der Waals surface area contributed by atoms with Crippen LogP contribution in [0.2, 0.25) is 0 Å². The van der Waals surface area contributed by atoms with Gasteiger partial charge in [0.2, 0.25) is 0 Å². The van der Waals surface area contributed by atoms with Crippen molar-refractivity contribution in [3.05, 3.63) is 35.9 Å². The Bertz CT molecular complexity index is 447. The van der Waals surface area contributed by atoms with Crippen molar-refractivity contribution in [3.8, 4) is 0 Å². The quantitative estimate of drug-likeness (QED) is 0.647. The molecule has 0 heterocycles. The van der Waals surface area contributed by atoms with Crippen LogP contribution in [0.15, 0.2) is 30.3 Å².